The monoisotopic (exact) mass is 477 g/mol. The zero-order valence-corrected chi connectivity index (χ0v) is 20.3. The van der Waals surface area contributed by atoms with Gasteiger partial charge < -0.3 is 30.1 Å². The Kier molecular flexibility index (Phi) is 7.43. The summed E-state index contributed by atoms with van der Waals surface area (Å²) in [6.07, 6.45) is 2.05. The second-order valence-electron chi connectivity index (χ2n) is 10.4. The zero-order valence-electron chi connectivity index (χ0n) is 20.3. The van der Waals surface area contributed by atoms with Crippen LogP contribution in [0.3, 0.4) is 0 Å². The van der Waals surface area contributed by atoms with Gasteiger partial charge in [-0.05, 0) is 31.1 Å². The van der Waals surface area contributed by atoms with Gasteiger partial charge in [0.15, 0.2) is 5.54 Å². The van der Waals surface area contributed by atoms with Crippen LogP contribution in [0.5, 0.6) is 0 Å². The lowest BCUT2D eigenvalue weighted by Gasteiger charge is -2.35. The van der Waals surface area contributed by atoms with Crippen LogP contribution >= 0.6 is 0 Å². The lowest BCUT2D eigenvalue weighted by molar-refractivity contribution is -0.147. The Hall–Kier alpha value is -2.84. The number of ether oxygens (including phenoxy) is 2. The molecule has 4 atom stereocenters. The van der Waals surface area contributed by atoms with Gasteiger partial charge in [-0.1, -0.05) is 27.4 Å². The summed E-state index contributed by atoms with van der Waals surface area (Å²) in [7, 11) is 1.22. The van der Waals surface area contributed by atoms with Crippen LogP contribution in [-0.4, -0.2) is 77.4 Å². The van der Waals surface area contributed by atoms with Crippen LogP contribution in [-0.2, 0) is 23.9 Å². The fraction of sp³-hybridized carbons (Fsp3) is 0.708. The number of hydrogen-bond acceptors (Lipinski definition) is 7. The average molecular weight is 478 g/mol. The van der Waals surface area contributed by atoms with Crippen LogP contribution in [0.25, 0.3) is 0 Å². The fourth-order valence-corrected chi connectivity index (χ4v) is 4.70. The van der Waals surface area contributed by atoms with E-state index in [1.807, 2.05) is 0 Å². The molecule has 10 nitrogen and oxygen atoms in total. The molecule has 188 valence electrons. The summed E-state index contributed by atoms with van der Waals surface area (Å²) >= 11 is 0. The number of aliphatic hydroxyl groups is 1. The van der Waals surface area contributed by atoms with Gasteiger partial charge in [-0.25, -0.2) is 9.59 Å². The highest BCUT2D eigenvalue weighted by Gasteiger charge is 2.59. The number of amides is 3. The van der Waals surface area contributed by atoms with Crippen LogP contribution < -0.4 is 10.6 Å². The van der Waals surface area contributed by atoms with E-state index in [9.17, 15) is 24.3 Å². The molecule has 10 heteroatoms. The van der Waals surface area contributed by atoms with E-state index >= 15 is 0 Å². The molecule has 0 bridgehead atoms. The number of carbonyl (C=O) groups is 4. The molecule has 0 aromatic carbocycles. The Labute approximate surface area is 199 Å². The first-order valence-corrected chi connectivity index (χ1v) is 11.7. The van der Waals surface area contributed by atoms with E-state index in [2.05, 4.69) is 22.9 Å². The van der Waals surface area contributed by atoms with Gasteiger partial charge in [-0.15, -0.1) is 5.73 Å². The third-order valence-electron chi connectivity index (χ3n) is 6.73. The van der Waals surface area contributed by atoms with Crippen molar-refractivity contribution in [2.45, 2.75) is 89.1 Å². The van der Waals surface area contributed by atoms with Gasteiger partial charge in [0.05, 0.1) is 13.2 Å². The minimum absolute atomic E-state index is 0.00530. The maximum Gasteiger partial charge on any atom is 0.408 e. The second-order valence-corrected chi connectivity index (χ2v) is 10.4. The summed E-state index contributed by atoms with van der Waals surface area (Å²) in [4.78, 5) is 52.8. The Balaban J connectivity index is 1.75. The normalized spacial score (nSPS) is 27.6. The molecule has 0 aromatic rings. The molecule has 3 rings (SSSR count). The molecule has 3 amide bonds. The van der Waals surface area contributed by atoms with Crippen LogP contribution in [0.1, 0.15) is 59.3 Å². The van der Waals surface area contributed by atoms with Crippen molar-refractivity contribution >= 4 is 23.9 Å². The SMILES string of the molecule is C=C=C1C[C@]1(NC(=O)[C@@H]1C[C@H](O)CN1C(=O)[C@@H](NC(=O)OC1CCCC1)C(C)(C)C)C(=O)OC. The Morgan fingerprint density at radius 1 is 1.24 bits per heavy atom. The number of hydrogen-bond donors (Lipinski definition) is 3. The van der Waals surface area contributed by atoms with Gasteiger partial charge in [0.1, 0.15) is 18.2 Å². The molecule has 3 N–H and O–H groups in total. The Morgan fingerprint density at radius 3 is 2.41 bits per heavy atom. The van der Waals surface area contributed by atoms with Crippen LogP contribution in [0.15, 0.2) is 17.9 Å². The molecule has 1 saturated heterocycles. The van der Waals surface area contributed by atoms with Gasteiger partial charge in [0.25, 0.3) is 0 Å². The summed E-state index contributed by atoms with van der Waals surface area (Å²) in [5.41, 5.74) is 1.09. The number of esters is 1. The molecule has 3 fully saturated rings. The lowest BCUT2D eigenvalue weighted by Crippen LogP contribution is -2.59. The van der Waals surface area contributed by atoms with E-state index in [4.69, 9.17) is 9.47 Å². The van der Waals surface area contributed by atoms with Crippen molar-refractivity contribution in [2.75, 3.05) is 13.7 Å². The summed E-state index contributed by atoms with van der Waals surface area (Å²) in [5, 5.41) is 15.6. The summed E-state index contributed by atoms with van der Waals surface area (Å²) < 4.78 is 10.3. The van der Waals surface area contributed by atoms with Gasteiger partial charge in [-0.3, -0.25) is 9.59 Å². The van der Waals surface area contributed by atoms with Gasteiger partial charge in [0, 0.05) is 25.0 Å². The number of alkyl carbamates (subject to hydrolysis) is 1. The highest BCUT2D eigenvalue weighted by molar-refractivity contribution is 5.99. The predicted molar refractivity (Wildman–Crippen MR) is 121 cm³/mol. The molecule has 0 radical (unpaired) electrons. The first-order chi connectivity index (χ1) is 15.9. The predicted octanol–water partition coefficient (Wildman–Crippen LogP) is 1.17. The minimum Gasteiger partial charge on any atom is -0.467 e. The van der Waals surface area contributed by atoms with Gasteiger partial charge >= 0.3 is 12.1 Å². The molecule has 34 heavy (non-hydrogen) atoms. The number of rotatable bonds is 6. The van der Waals surface area contributed by atoms with Gasteiger partial charge in [0.2, 0.25) is 11.8 Å². The summed E-state index contributed by atoms with van der Waals surface area (Å²) in [6, 6.07) is -2.01. The zero-order chi connectivity index (χ0) is 25.3. The van der Waals surface area contributed by atoms with E-state index < -0.39 is 53.0 Å². The molecule has 1 aliphatic heterocycles. The average Bonchev–Trinajstić information content (AvgIpc) is 3.07. The van der Waals surface area contributed by atoms with Crippen molar-refractivity contribution in [3.63, 3.8) is 0 Å². The standard InChI is InChI=1S/C24H35N3O7/c1-6-14-12-24(14,21(31)33-5)26-19(29)17-11-15(28)13-27(17)20(30)18(23(2,3)4)25-22(32)34-16-9-7-8-10-16/h15-18,28H,1,7-13H2,2-5H3,(H,25,32)(H,26,29)/t15-,17-,18+,24+/m0/s1. The quantitative estimate of drug-likeness (QED) is 0.386. The third kappa shape index (κ3) is 5.28. The minimum atomic E-state index is -1.34. The number of β-amino-alcohol motifs (C(OH)–C–C–N with tert-alkyl or cyclic N) is 1. The molecule has 1 heterocycles. The number of nitrogens with zero attached hydrogens (tertiary/aromatic N) is 1. The maximum atomic E-state index is 13.6. The van der Waals surface area contributed by atoms with Crippen molar-refractivity contribution in [3.8, 4) is 0 Å². The molecule has 3 aliphatic rings. The topological polar surface area (TPSA) is 134 Å². The first-order valence-electron chi connectivity index (χ1n) is 11.7. The van der Waals surface area contributed by atoms with Crippen LogP contribution in [0.4, 0.5) is 4.79 Å². The Morgan fingerprint density at radius 2 is 1.88 bits per heavy atom. The van der Waals surface area contributed by atoms with E-state index in [1.165, 1.54) is 12.0 Å². The van der Waals surface area contributed by atoms with Crippen molar-refractivity contribution in [2.24, 2.45) is 5.41 Å². The number of aliphatic hydroxyl groups excluding tert-OH is 1. The number of likely N-dealkylation sites (tertiary alicyclic amines) is 1. The third-order valence-corrected chi connectivity index (χ3v) is 6.73. The first kappa shape index (κ1) is 25.8. The largest absolute Gasteiger partial charge is 0.467 e. The molecule has 0 aromatic heterocycles. The molecule has 2 saturated carbocycles. The van der Waals surface area contributed by atoms with E-state index in [0.717, 1.165) is 25.7 Å². The van der Waals surface area contributed by atoms with Crippen molar-refractivity contribution in [1.82, 2.24) is 15.5 Å². The smallest absolute Gasteiger partial charge is 0.408 e. The van der Waals surface area contributed by atoms with Crippen LogP contribution in [0.2, 0.25) is 0 Å². The van der Waals surface area contributed by atoms with Crippen LogP contribution in [0, 0.1) is 5.41 Å². The summed E-state index contributed by atoms with van der Waals surface area (Å²) in [5.74, 6) is -1.75. The Bertz CT molecular complexity index is 899. The van der Waals surface area contributed by atoms with Gasteiger partial charge in [-0.2, -0.15) is 0 Å². The number of carbonyl (C=O) groups excluding carboxylic acids is 4. The van der Waals surface area contributed by atoms with E-state index in [1.54, 1.807) is 20.8 Å². The second kappa shape index (κ2) is 9.80. The number of nitrogens with one attached hydrogen (secondary N) is 2. The maximum absolute atomic E-state index is 13.6. The molecule has 0 unspecified atom stereocenters. The summed E-state index contributed by atoms with van der Waals surface area (Å²) in [6.45, 7) is 8.85. The van der Waals surface area contributed by atoms with Crippen molar-refractivity contribution in [1.29, 1.82) is 0 Å². The molecular weight excluding hydrogens is 442 g/mol. The highest BCUT2D eigenvalue weighted by atomic mass is 16.6. The van der Waals surface area contributed by atoms with E-state index in [-0.39, 0.29) is 25.5 Å². The molecular formula is C24H35N3O7. The molecule has 2 aliphatic carbocycles. The molecule has 0 spiro atoms. The van der Waals surface area contributed by atoms with Crippen molar-refractivity contribution < 1.29 is 33.8 Å². The fourth-order valence-electron chi connectivity index (χ4n) is 4.70. The highest BCUT2D eigenvalue weighted by Crippen LogP contribution is 2.43. The number of methoxy groups -OCH3 is 1. The lowest BCUT2D eigenvalue weighted by atomic mass is 9.85. The van der Waals surface area contributed by atoms with E-state index in [0.29, 0.717) is 5.57 Å². The van der Waals surface area contributed by atoms with Crippen molar-refractivity contribution in [3.05, 3.63) is 17.9 Å².